The van der Waals surface area contributed by atoms with Gasteiger partial charge in [-0.1, -0.05) is 11.6 Å². The molecule has 1 radical (unpaired) electrons. The lowest BCUT2D eigenvalue weighted by Gasteiger charge is -2.10. The van der Waals surface area contributed by atoms with E-state index in [1.54, 1.807) is 0 Å². The van der Waals surface area contributed by atoms with Crippen molar-refractivity contribution in [1.29, 1.82) is 0 Å². The van der Waals surface area contributed by atoms with Gasteiger partial charge in [0.05, 0.1) is 16.6 Å². The topological polar surface area (TPSA) is 66.9 Å². The quantitative estimate of drug-likeness (QED) is 0.578. The van der Waals surface area contributed by atoms with E-state index >= 15 is 0 Å². The van der Waals surface area contributed by atoms with Crippen LogP contribution in [0.4, 0.5) is 0 Å². The molecule has 0 saturated carbocycles. The Bertz CT molecular complexity index is 392. The van der Waals surface area contributed by atoms with Gasteiger partial charge in [-0.05, 0) is 18.6 Å². The van der Waals surface area contributed by atoms with Gasteiger partial charge in [0.25, 0.3) is 0 Å². The number of ketones is 1. The lowest BCUT2D eigenvalue weighted by molar-refractivity contribution is -0.122. The van der Waals surface area contributed by atoms with Gasteiger partial charge >= 0.3 is 0 Å². The van der Waals surface area contributed by atoms with Crippen LogP contribution in [-0.4, -0.2) is 17.1 Å². The third-order valence-electron chi connectivity index (χ3n) is 2.02. The zero-order valence-corrected chi connectivity index (χ0v) is 8.82. The Balaban J connectivity index is 3.25. The molecule has 0 spiro atoms. The largest absolute Gasteiger partial charge is 0.302 e. The van der Waals surface area contributed by atoms with Crippen molar-refractivity contribution >= 4 is 23.7 Å². The maximum absolute atomic E-state index is 11.2. The molecule has 0 saturated heterocycles. The first-order valence-electron chi connectivity index (χ1n) is 4.28. The molecule has 1 aromatic rings. The molecule has 0 fully saturated rings. The number of carbonyl (C=O) groups is 2. The average molecular weight is 227 g/mol. The first kappa shape index (κ1) is 11.8. The maximum atomic E-state index is 11.2. The second-order valence-corrected chi connectivity index (χ2v) is 3.49. The predicted molar refractivity (Wildman–Crippen MR) is 53.1 cm³/mol. The van der Waals surface area contributed by atoms with Gasteiger partial charge in [-0.2, -0.15) is 0 Å². The van der Waals surface area contributed by atoms with Crippen LogP contribution in [0.15, 0.2) is 12.3 Å². The van der Waals surface area contributed by atoms with E-state index in [1.165, 1.54) is 19.2 Å². The molecule has 4 nitrogen and oxygen atoms in total. The van der Waals surface area contributed by atoms with Crippen LogP contribution in [0.3, 0.4) is 0 Å². The third kappa shape index (κ3) is 2.61. The summed E-state index contributed by atoms with van der Waals surface area (Å²) < 4.78 is 0. The van der Waals surface area contributed by atoms with Gasteiger partial charge in [0.15, 0.2) is 0 Å². The second-order valence-electron chi connectivity index (χ2n) is 3.06. The van der Waals surface area contributed by atoms with Gasteiger partial charge in [0.2, 0.25) is 0 Å². The molecule has 79 valence electrons. The number of rotatable bonds is 4. The van der Waals surface area contributed by atoms with Crippen molar-refractivity contribution in [1.82, 2.24) is 4.98 Å². The predicted octanol–water partition coefficient (Wildman–Crippen LogP) is 1.54. The van der Waals surface area contributed by atoms with Gasteiger partial charge in [0, 0.05) is 6.20 Å². The molecule has 1 unspecified atom stereocenters. The fourth-order valence-corrected chi connectivity index (χ4v) is 1.43. The van der Waals surface area contributed by atoms with Crippen LogP contribution in [0.2, 0.25) is 5.02 Å². The van der Waals surface area contributed by atoms with Gasteiger partial charge in [-0.25, -0.2) is 5.11 Å². The van der Waals surface area contributed by atoms with Gasteiger partial charge < -0.3 is 4.79 Å². The van der Waals surface area contributed by atoms with E-state index in [9.17, 15) is 14.7 Å². The normalized spacial score (nSPS) is 12.2. The molecule has 0 aliphatic rings. The van der Waals surface area contributed by atoms with Crippen molar-refractivity contribution in [3.8, 4) is 0 Å². The third-order valence-corrected chi connectivity index (χ3v) is 2.22. The average Bonchev–Trinajstić information content (AvgIpc) is 2.18. The van der Waals surface area contributed by atoms with E-state index in [0.717, 1.165) is 0 Å². The SMILES string of the molecule is CC(=O)C(C=O)c1cc(Cl)cnc1C[O]. The summed E-state index contributed by atoms with van der Waals surface area (Å²) >= 11 is 5.69. The molecule has 0 bridgehead atoms. The van der Waals surface area contributed by atoms with Crippen LogP contribution in [-0.2, 0) is 21.3 Å². The van der Waals surface area contributed by atoms with Crippen molar-refractivity contribution in [2.45, 2.75) is 19.4 Å². The summed E-state index contributed by atoms with van der Waals surface area (Å²) in [6, 6.07) is 1.43. The van der Waals surface area contributed by atoms with E-state index in [-0.39, 0.29) is 11.5 Å². The summed E-state index contributed by atoms with van der Waals surface area (Å²) in [5.41, 5.74) is 0.492. The fraction of sp³-hybridized carbons (Fsp3) is 0.300. The minimum Gasteiger partial charge on any atom is -0.302 e. The van der Waals surface area contributed by atoms with Crippen LogP contribution in [0.25, 0.3) is 0 Å². The molecule has 1 rings (SSSR count). The molecule has 0 amide bonds. The first-order valence-corrected chi connectivity index (χ1v) is 4.66. The summed E-state index contributed by atoms with van der Waals surface area (Å²) in [6.07, 6.45) is 1.81. The molecule has 0 N–H and O–H groups in total. The molecular formula is C10H9ClNO3. The number of halogens is 1. The molecule has 0 aromatic carbocycles. The maximum Gasteiger partial charge on any atom is 0.144 e. The molecular weight excluding hydrogens is 218 g/mol. The number of carbonyl (C=O) groups excluding carboxylic acids is 2. The first-order chi connectivity index (χ1) is 7.10. The van der Waals surface area contributed by atoms with Gasteiger partial charge in [-0.3, -0.25) is 9.78 Å². The number of hydrogen-bond donors (Lipinski definition) is 0. The number of aromatic nitrogens is 1. The summed E-state index contributed by atoms with van der Waals surface area (Å²) in [6.45, 7) is 0.707. The van der Waals surface area contributed by atoms with E-state index in [1.807, 2.05) is 0 Å². The summed E-state index contributed by atoms with van der Waals surface area (Å²) in [4.78, 5) is 25.7. The number of nitrogens with zero attached hydrogens (tertiary/aromatic N) is 1. The van der Waals surface area contributed by atoms with Gasteiger partial charge in [0.1, 0.15) is 18.7 Å². The monoisotopic (exact) mass is 226 g/mol. The number of pyridine rings is 1. The second kappa shape index (κ2) is 5.00. The number of aldehydes is 1. The summed E-state index contributed by atoms with van der Waals surface area (Å²) in [5.74, 6) is -1.27. The molecule has 0 aliphatic heterocycles. The Morgan fingerprint density at radius 1 is 1.67 bits per heavy atom. The summed E-state index contributed by atoms with van der Waals surface area (Å²) in [7, 11) is 0. The minimum atomic E-state index is -0.944. The van der Waals surface area contributed by atoms with E-state index < -0.39 is 12.5 Å². The van der Waals surface area contributed by atoms with Crippen LogP contribution in [0.1, 0.15) is 24.1 Å². The van der Waals surface area contributed by atoms with Crippen LogP contribution in [0, 0.1) is 0 Å². The smallest absolute Gasteiger partial charge is 0.144 e. The number of Topliss-reactive ketones (excluding diaryl/α,β-unsaturated/α-hetero) is 1. The Morgan fingerprint density at radius 3 is 2.80 bits per heavy atom. The van der Waals surface area contributed by atoms with E-state index in [4.69, 9.17) is 11.6 Å². The van der Waals surface area contributed by atoms with Crippen LogP contribution >= 0.6 is 11.6 Å². The Labute approximate surface area is 91.9 Å². The Morgan fingerprint density at radius 2 is 2.33 bits per heavy atom. The highest BCUT2D eigenvalue weighted by Gasteiger charge is 2.20. The zero-order valence-electron chi connectivity index (χ0n) is 8.07. The molecule has 0 aliphatic carbocycles. The van der Waals surface area contributed by atoms with Gasteiger partial charge in [-0.15, -0.1) is 0 Å². The fourth-order valence-electron chi connectivity index (χ4n) is 1.26. The lowest BCUT2D eigenvalue weighted by Crippen LogP contribution is -2.13. The molecule has 1 heterocycles. The van der Waals surface area contributed by atoms with E-state index in [2.05, 4.69) is 4.98 Å². The Hall–Kier alpha value is -1.26. The zero-order chi connectivity index (χ0) is 11.4. The minimum absolute atomic E-state index is 0.187. The van der Waals surface area contributed by atoms with Crippen molar-refractivity contribution in [3.05, 3.63) is 28.5 Å². The molecule has 15 heavy (non-hydrogen) atoms. The van der Waals surface area contributed by atoms with Crippen LogP contribution in [0.5, 0.6) is 0 Å². The lowest BCUT2D eigenvalue weighted by atomic mass is 9.96. The Kier molecular flexibility index (Phi) is 3.94. The van der Waals surface area contributed by atoms with Crippen molar-refractivity contribution in [2.75, 3.05) is 0 Å². The highest BCUT2D eigenvalue weighted by Crippen LogP contribution is 2.21. The van der Waals surface area contributed by atoms with Crippen LogP contribution < -0.4 is 0 Å². The summed E-state index contributed by atoms with van der Waals surface area (Å²) in [5, 5.41) is 11.1. The molecule has 5 heteroatoms. The van der Waals surface area contributed by atoms with E-state index in [0.29, 0.717) is 16.9 Å². The van der Waals surface area contributed by atoms with Crippen molar-refractivity contribution in [3.63, 3.8) is 0 Å². The highest BCUT2D eigenvalue weighted by atomic mass is 35.5. The number of hydrogen-bond acceptors (Lipinski definition) is 3. The standard InChI is InChI=1S/C10H9ClNO3/c1-6(15)9(4-13)8-2-7(11)3-12-10(8)5-14/h2-4,9H,5H2,1H3. The molecule has 1 aromatic heterocycles. The van der Waals surface area contributed by atoms with Crippen molar-refractivity contribution in [2.24, 2.45) is 0 Å². The van der Waals surface area contributed by atoms with Crippen molar-refractivity contribution < 1.29 is 14.7 Å². The molecule has 1 atom stereocenters. The highest BCUT2D eigenvalue weighted by molar-refractivity contribution is 6.30.